The fraction of sp³-hybridized carbons (Fsp3) is 0.208. The molecule has 0 aliphatic heterocycles. The summed E-state index contributed by atoms with van der Waals surface area (Å²) in [4.78, 5) is 24.4. The quantitative estimate of drug-likeness (QED) is 0.420. The molecule has 0 unspecified atom stereocenters. The van der Waals surface area contributed by atoms with Gasteiger partial charge in [-0.1, -0.05) is 23.5 Å². The van der Waals surface area contributed by atoms with E-state index in [9.17, 15) is 4.79 Å². The third kappa shape index (κ3) is 4.22. The van der Waals surface area contributed by atoms with E-state index in [1.54, 1.807) is 49.7 Å². The standard InChI is InChI=1S/C24H23N3O3S/c1-15-10-16(2)22-20(11-15)26-24(31-22)27(14-17-6-5-9-25-13-17)23(28)19-12-18(29-3)7-8-21(19)30-4/h5-13H,14H2,1-4H3. The number of fused-ring (bicyclic) bond motifs is 1. The first kappa shape index (κ1) is 20.8. The Hall–Kier alpha value is -3.45. The first-order valence-electron chi connectivity index (χ1n) is 9.80. The minimum absolute atomic E-state index is 0.215. The highest BCUT2D eigenvalue weighted by molar-refractivity contribution is 7.22. The highest BCUT2D eigenvalue weighted by Crippen LogP contribution is 2.35. The number of carbonyl (C=O) groups is 1. The molecule has 0 saturated heterocycles. The average molecular weight is 434 g/mol. The van der Waals surface area contributed by atoms with Crippen molar-refractivity contribution in [3.8, 4) is 11.5 Å². The van der Waals surface area contributed by atoms with Crippen molar-refractivity contribution < 1.29 is 14.3 Å². The first-order chi connectivity index (χ1) is 15.0. The van der Waals surface area contributed by atoms with Crippen LogP contribution < -0.4 is 14.4 Å². The van der Waals surface area contributed by atoms with Crippen molar-refractivity contribution in [1.29, 1.82) is 0 Å². The van der Waals surface area contributed by atoms with Crippen LogP contribution in [0.1, 0.15) is 27.0 Å². The molecular formula is C24H23N3O3S. The van der Waals surface area contributed by atoms with Crippen LogP contribution in [-0.4, -0.2) is 30.1 Å². The van der Waals surface area contributed by atoms with Gasteiger partial charge in [0.2, 0.25) is 0 Å². The third-order valence-corrected chi connectivity index (χ3v) is 6.21. The number of hydrogen-bond donors (Lipinski definition) is 0. The Morgan fingerprint density at radius 2 is 1.94 bits per heavy atom. The molecule has 4 aromatic rings. The van der Waals surface area contributed by atoms with Gasteiger partial charge < -0.3 is 9.47 Å². The van der Waals surface area contributed by atoms with Crippen LogP contribution in [0.25, 0.3) is 10.2 Å². The molecule has 7 heteroatoms. The summed E-state index contributed by atoms with van der Waals surface area (Å²) in [5, 5.41) is 0.627. The number of aryl methyl sites for hydroxylation is 2. The van der Waals surface area contributed by atoms with Gasteiger partial charge in [-0.3, -0.25) is 14.7 Å². The molecule has 2 heterocycles. The van der Waals surface area contributed by atoms with Gasteiger partial charge in [-0.25, -0.2) is 4.98 Å². The number of pyridine rings is 1. The molecule has 2 aromatic carbocycles. The molecule has 0 aliphatic rings. The van der Waals surface area contributed by atoms with E-state index in [1.165, 1.54) is 11.3 Å². The predicted octanol–water partition coefficient (Wildman–Crippen LogP) is 5.17. The van der Waals surface area contributed by atoms with E-state index in [0.717, 1.165) is 26.9 Å². The Labute approximate surface area is 185 Å². The number of carbonyl (C=O) groups excluding carboxylic acids is 1. The summed E-state index contributed by atoms with van der Waals surface area (Å²) < 4.78 is 11.9. The summed E-state index contributed by atoms with van der Waals surface area (Å²) in [5.74, 6) is 0.851. The molecule has 0 radical (unpaired) electrons. The number of hydrogen-bond acceptors (Lipinski definition) is 6. The Morgan fingerprint density at radius 1 is 1.10 bits per heavy atom. The van der Waals surface area contributed by atoms with Crippen LogP contribution in [0.15, 0.2) is 54.9 Å². The molecule has 0 fully saturated rings. The second-order valence-electron chi connectivity index (χ2n) is 7.25. The molecule has 1 amide bonds. The lowest BCUT2D eigenvalue weighted by Crippen LogP contribution is -2.30. The maximum atomic E-state index is 13.8. The van der Waals surface area contributed by atoms with Gasteiger partial charge in [-0.15, -0.1) is 0 Å². The van der Waals surface area contributed by atoms with Gasteiger partial charge in [0, 0.05) is 12.4 Å². The van der Waals surface area contributed by atoms with Gasteiger partial charge >= 0.3 is 0 Å². The zero-order valence-corrected chi connectivity index (χ0v) is 18.7. The number of nitrogens with zero attached hydrogens (tertiary/aromatic N) is 3. The number of methoxy groups -OCH3 is 2. The highest BCUT2D eigenvalue weighted by Gasteiger charge is 2.25. The molecule has 0 spiro atoms. The molecule has 31 heavy (non-hydrogen) atoms. The van der Waals surface area contributed by atoms with Crippen molar-refractivity contribution in [3.05, 3.63) is 77.1 Å². The number of thiazole rings is 1. The summed E-state index contributed by atoms with van der Waals surface area (Å²) in [6, 6.07) is 13.2. The Bertz CT molecular complexity index is 1240. The van der Waals surface area contributed by atoms with E-state index < -0.39 is 0 Å². The van der Waals surface area contributed by atoms with E-state index in [0.29, 0.717) is 28.7 Å². The smallest absolute Gasteiger partial charge is 0.264 e. The highest BCUT2D eigenvalue weighted by atomic mass is 32.1. The minimum atomic E-state index is -0.215. The zero-order valence-electron chi connectivity index (χ0n) is 17.9. The summed E-state index contributed by atoms with van der Waals surface area (Å²) in [5.41, 5.74) is 4.50. The Morgan fingerprint density at radius 3 is 2.65 bits per heavy atom. The molecule has 0 aliphatic carbocycles. The zero-order chi connectivity index (χ0) is 22.0. The lowest BCUT2D eigenvalue weighted by molar-refractivity contribution is 0.0982. The Balaban J connectivity index is 1.84. The monoisotopic (exact) mass is 433 g/mol. The second kappa shape index (κ2) is 8.73. The fourth-order valence-electron chi connectivity index (χ4n) is 3.51. The van der Waals surface area contributed by atoms with Crippen molar-refractivity contribution in [2.24, 2.45) is 0 Å². The molecule has 0 N–H and O–H groups in total. The van der Waals surface area contributed by atoms with Crippen LogP contribution in [0.2, 0.25) is 0 Å². The molecule has 6 nitrogen and oxygen atoms in total. The molecule has 158 valence electrons. The molecule has 0 bridgehead atoms. The average Bonchev–Trinajstić information content (AvgIpc) is 3.21. The lowest BCUT2D eigenvalue weighted by atomic mass is 10.1. The first-order valence-corrected chi connectivity index (χ1v) is 10.6. The number of amides is 1. The predicted molar refractivity (Wildman–Crippen MR) is 123 cm³/mol. The number of aromatic nitrogens is 2. The van der Waals surface area contributed by atoms with Crippen molar-refractivity contribution in [2.45, 2.75) is 20.4 Å². The largest absolute Gasteiger partial charge is 0.497 e. The molecule has 4 rings (SSSR count). The van der Waals surface area contributed by atoms with Gasteiger partial charge in [-0.2, -0.15) is 0 Å². The number of rotatable bonds is 6. The number of anilines is 1. The topological polar surface area (TPSA) is 64.6 Å². The van der Waals surface area contributed by atoms with E-state index in [4.69, 9.17) is 14.5 Å². The van der Waals surface area contributed by atoms with Crippen LogP contribution in [0.3, 0.4) is 0 Å². The summed E-state index contributed by atoms with van der Waals surface area (Å²) in [6.07, 6.45) is 3.47. The second-order valence-corrected chi connectivity index (χ2v) is 8.22. The van der Waals surface area contributed by atoms with Crippen molar-refractivity contribution in [1.82, 2.24) is 9.97 Å². The van der Waals surface area contributed by atoms with Crippen LogP contribution in [0.5, 0.6) is 11.5 Å². The van der Waals surface area contributed by atoms with Crippen LogP contribution in [-0.2, 0) is 6.54 Å². The summed E-state index contributed by atoms with van der Waals surface area (Å²) in [7, 11) is 3.12. The van der Waals surface area contributed by atoms with Crippen molar-refractivity contribution >= 4 is 32.6 Å². The van der Waals surface area contributed by atoms with Crippen molar-refractivity contribution in [2.75, 3.05) is 19.1 Å². The lowest BCUT2D eigenvalue weighted by Gasteiger charge is -2.21. The van der Waals surface area contributed by atoms with Gasteiger partial charge in [0.05, 0.1) is 36.5 Å². The van der Waals surface area contributed by atoms with E-state index in [1.807, 2.05) is 25.1 Å². The van der Waals surface area contributed by atoms with Crippen LogP contribution >= 0.6 is 11.3 Å². The molecule has 0 saturated carbocycles. The van der Waals surface area contributed by atoms with E-state index in [-0.39, 0.29) is 5.91 Å². The normalized spacial score (nSPS) is 10.8. The van der Waals surface area contributed by atoms with Gasteiger partial charge in [0.15, 0.2) is 5.13 Å². The number of ether oxygens (including phenoxy) is 2. The maximum Gasteiger partial charge on any atom is 0.264 e. The van der Waals surface area contributed by atoms with Gasteiger partial charge in [-0.05, 0) is 60.9 Å². The summed E-state index contributed by atoms with van der Waals surface area (Å²) in [6.45, 7) is 4.45. The number of benzene rings is 2. The molecule has 0 atom stereocenters. The third-order valence-electron chi connectivity index (χ3n) is 4.99. The SMILES string of the molecule is COc1ccc(OC)c(C(=O)N(Cc2cccnc2)c2nc3cc(C)cc(C)c3s2)c1. The fourth-order valence-corrected chi connectivity index (χ4v) is 4.52. The summed E-state index contributed by atoms with van der Waals surface area (Å²) >= 11 is 1.51. The van der Waals surface area contributed by atoms with Gasteiger partial charge in [0.25, 0.3) is 5.91 Å². The van der Waals surface area contributed by atoms with E-state index in [2.05, 4.69) is 18.0 Å². The molecule has 2 aromatic heterocycles. The van der Waals surface area contributed by atoms with Gasteiger partial charge in [0.1, 0.15) is 11.5 Å². The van der Waals surface area contributed by atoms with Crippen LogP contribution in [0.4, 0.5) is 5.13 Å². The maximum absolute atomic E-state index is 13.8. The van der Waals surface area contributed by atoms with Crippen LogP contribution in [0, 0.1) is 13.8 Å². The Kier molecular flexibility index (Phi) is 5.86. The minimum Gasteiger partial charge on any atom is -0.497 e. The molecular weight excluding hydrogens is 410 g/mol. The van der Waals surface area contributed by atoms with Crippen molar-refractivity contribution in [3.63, 3.8) is 0 Å². The van der Waals surface area contributed by atoms with E-state index >= 15 is 0 Å².